The van der Waals surface area contributed by atoms with E-state index in [0.717, 1.165) is 30.8 Å². The van der Waals surface area contributed by atoms with Gasteiger partial charge in [0.15, 0.2) is 0 Å². The van der Waals surface area contributed by atoms with Gasteiger partial charge in [-0.05, 0) is 42.2 Å². The Morgan fingerprint density at radius 2 is 2.00 bits per heavy atom. The predicted octanol–water partition coefficient (Wildman–Crippen LogP) is 3.43. The second-order valence-corrected chi connectivity index (χ2v) is 7.63. The van der Waals surface area contributed by atoms with Crippen molar-refractivity contribution >= 4 is 23.4 Å². The summed E-state index contributed by atoms with van der Waals surface area (Å²) in [7, 11) is 4.09. The molecular weight excluding hydrogens is 318 g/mol. The summed E-state index contributed by atoms with van der Waals surface area (Å²) in [6.45, 7) is 0.118. The summed E-state index contributed by atoms with van der Waals surface area (Å²) in [5, 5.41) is 11.4. The molecule has 1 fully saturated rings. The molecule has 2 rings (SSSR count). The van der Waals surface area contributed by atoms with Crippen LogP contribution in [0.25, 0.3) is 0 Å². The van der Waals surface area contributed by atoms with Gasteiger partial charge in [0.25, 0.3) is 0 Å². The molecule has 2 atom stereocenters. The number of amides is 1. The molecule has 0 bridgehead atoms. The number of nitriles is 1. The van der Waals surface area contributed by atoms with Gasteiger partial charge in [-0.1, -0.05) is 25.0 Å². The predicted molar refractivity (Wildman–Crippen MR) is 101 cm³/mol. The van der Waals surface area contributed by atoms with Crippen LogP contribution >= 0.6 is 11.8 Å². The lowest BCUT2D eigenvalue weighted by atomic mass is 9.80. The van der Waals surface area contributed by atoms with Crippen LogP contribution < -0.4 is 10.2 Å². The van der Waals surface area contributed by atoms with Gasteiger partial charge in [-0.2, -0.15) is 17.0 Å². The topological polar surface area (TPSA) is 56.1 Å². The zero-order chi connectivity index (χ0) is 17.4. The fraction of sp³-hybridized carbons (Fsp3) is 0.579. The van der Waals surface area contributed by atoms with Crippen LogP contribution in [-0.4, -0.2) is 32.3 Å². The quantitative estimate of drug-likeness (QED) is 0.769. The maximum absolute atomic E-state index is 12.2. The van der Waals surface area contributed by atoms with Gasteiger partial charge in [-0.15, -0.1) is 0 Å². The monoisotopic (exact) mass is 345 g/mol. The van der Waals surface area contributed by atoms with Gasteiger partial charge in [-0.25, -0.2) is 0 Å². The minimum atomic E-state index is 0.0668. The van der Waals surface area contributed by atoms with E-state index >= 15 is 0 Å². The van der Waals surface area contributed by atoms with Gasteiger partial charge in [0.2, 0.25) is 5.91 Å². The molecule has 1 aromatic carbocycles. The molecule has 0 heterocycles. The average molecular weight is 346 g/mol. The molecule has 1 saturated carbocycles. The summed E-state index contributed by atoms with van der Waals surface area (Å²) in [6, 6.07) is 10.6. The standard InChI is InChI=1S/C19H27N3OS/c1-22(2)17-9-7-15(8-10-17)13-24-14-16-5-3-4-6-18(16)19(23)21-12-11-20/h7-10,16,18H,3-6,12-14H2,1-2H3,(H,21,23)/t16-,18+/m0/s1. The van der Waals surface area contributed by atoms with E-state index in [9.17, 15) is 4.79 Å². The molecule has 1 aliphatic rings. The zero-order valence-corrected chi connectivity index (χ0v) is 15.4. The SMILES string of the molecule is CN(C)c1ccc(CSC[C@@H]2CCCC[C@H]2C(=O)NCC#N)cc1. The minimum Gasteiger partial charge on any atom is -0.378 e. The van der Waals surface area contributed by atoms with Crippen molar-refractivity contribution in [1.29, 1.82) is 5.26 Å². The van der Waals surface area contributed by atoms with Crippen LogP contribution in [-0.2, 0) is 10.5 Å². The van der Waals surface area contributed by atoms with E-state index < -0.39 is 0 Å². The molecule has 1 aliphatic carbocycles. The Kier molecular flexibility index (Phi) is 7.45. The van der Waals surface area contributed by atoms with Gasteiger partial charge in [-0.3, -0.25) is 4.79 Å². The Morgan fingerprint density at radius 3 is 2.67 bits per heavy atom. The second kappa shape index (κ2) is 9.58. The normalized spacial score (nSPS) is 20.2. The summed E-state index contributed by atoms with van der Waals surface area (Å²) in [6.07, 6.45) is 4.42. The van der Waals surface area contributed by atoms with Crippen molar-refractivity contribution in [2.24, 2.45) is 11.8 Å². The van der Waals surface area contributed by atoms with E-state index in [-0.39, 0.29) is 18.4 Å². The third-order valence-corrected chi connectivity index (χ3v) is 5.84. The number of carbonyl (C=O) groups is 1. The lowest BCUT2D eigenvalue weighted by Crippen LogP contribution is -2.37. The highest BCUT2D eigenvalue weighted by molar-refractivity contribution is 7.98. The number of rotatable bonds is 7. The number of carbonyl (C=O) groups excluding carboxylic acids is 1. The first-order valence-corrected chi connectivity index (χ1v) is 9.76. The third-order valence-electron chi connectivity index (χ3n) is 4.64. The smallest absolute Gasteiger partial charge is 0.224 e. The van der Waals surface area contributed by atoms with Crippen LogP contribution in [0.5, 0.6) is 0 Å². The molecule has 1 aromatic rings. The lowest BCUT2D eigenvalue weighted by Gasteiger charge is -2.30. The van der Waals surface area contributed by atoms with Crippen LogP contribution in [0, 0.1) is 23.2 Å². The molecule has 1 N–H and O–H groups in total. The molecule has 0 unspecified atom stereocenters. The molecule has 24 heavy (non-hydrogen) atoms. The molecule has 0 spiro atoms. The van der Waals surface area contributed by atoms with Gasteiger partial charge in [0, 0.05) is 31.5 Å². The van der Waals surface area contributed by atoms with Gasteiger partial charge in [0.05, 0.1) is 6.07 Å². The van der Waals surface area contributed by atoms with Crippen molar-refractivity contribution < 1.29 is 4.79 Å². The highest BCUT2D eigenvalue weighted by atomic mass is 32.2. The summed E-state index contributed by atoms with van der Waals surface area (Å²) < 4.78 is 0. The third kappa shape index (κ3) is 5.45. The first kappa shape index (κ1) is 18.7. The number of nitrogens with zero attached hydrogens (tertiary/aromatic N) is 2. The van der Waals surface area contributed by atoms with Crippen molar-refractivity contribution in [3.63, 3.8) is 0 Å². The highest BCUT2D eigenvalue weighted by Gasteiger charge is 2.30. The molecule has 0 saturated heterocycles. The maximum atomic E-state index is 12.2. The van der Waals surface area contributed by atoms with E-state index in [1.165, 1.54) is 17.7 Å². The molecule has 0 radical (unpaired) electrons. The largest absolute Gasteiger partial charge is 0.378 e. The lowest BCUT2D eigenvalue weighted by molar-refractivity contribution is -0.127. The maximum Gasteiger partial charge on any atom is 0.224 e. The number of benzene rings is 1. The zero-order valence-electron chi connectivity index (χ0n) is 14.6. The highest BCUT2D eigenvalue weighted by Crippen LogP contribution is 2.33. The summed E-state index contributed by atoms with van der Waals surface area (Å²) in [5.74, 6) is 2.58. The van der Waals surface area contributed by atoms with Crippen molar-refractivity contribution in [3.8, 4) is 6.07 Å². The van der Waals surface area contributed by atoms with Gasteiger partial charge in [0.1, 0.15) is 6.54 Å². The Morgan fingerprint density at radius 1 is 1.29 bits per heavy atom. The average Bonchev–Trinajstić information content (AvgIpc) is 2.60. The van der Waals surface area contributed by atoms with Crippen LogP contribution in [0.1, 0.15) is 31.2 Å². The summed E-state index contributed by atoms with van der Waals surface area (Å²) >= 11 is 1.91. The molecule has 0 aliphatic heterocycles. The van der Waals surface area contributed by atoms with Crippen molar-refractivity contribution in [1.82, 2.24) is 5.32 Å². The fourth-order valence-electron chi connectivity index (χ4n) is 3.23. The van der Waals surface area contributed by atoms with E-state index in [2.05, 4.69) is 34.5 Å². The number of thioether (sulfide) groups is 1. The van der Waals surface area contributed by atoms with Gasteiger partial charge < -0.3 is 10.2 Å². The molecular formula is C19H27N3OS. The van der Waals surface area contributed by atoms with Crippen LogP contribution in [0.15, 0.2) is 24.3 Å². The number of nitrogens with one attached hydrogen (secondary N) is 1. The molecule has 130 valence electrons. The van der Waals surface area contributed by atoms with E-state index in [4.69, 9.17) is 5.26 Å². The fourth-order valence-corrected chi connectivity index (χ4v) is 4.48. The van der Waals surface area contributed by atoms with E-state index in [1.807, 2.05) is 31.9 Å². The molecule has 5 heteroatoms. The Labute approximate surface area is 149 Å². The first-order valence-electron chi connectivity index (χ1n) is 8.60. The van der Waals surface area contributed by atoms with E-state index in [1.54, 1.807) is 0 Å². The van der Waals surface area contributed by atoms with Crippen LogP contribution in [0.4, 0.5) is 5.69 Å². The first-order chi connectivity index (χ1) is 11.6. The number of hydrogen-bond acceptors (Lipinski definition) is 4. The van der Waals surface area contributed by atoms with Crippen molar-refractivity contribution in [3.05, 3.63) is 29.8 Å². The van der Waals surface area contributed by atoms with Gasteiger partial charge >= 0.3 is 0 Å². The Bertz CT molecular complexity index is 565. The number of anilines is 1. The van der Waals surface area contributed by atoms with Crippen molar-refractivity contribution in [2.45, 2.75) is 31.4 Å². The molecule has 0 aromatic heterocycles. The molecule has 1 amide bonds. The van der Waals surface area contributed by atoms with Crippen LogP contribution in [0.3, 0.4) is 0 Å². The second-order valence-electron chi connectivity index (χ2n) is 6.60. The summed E-state index contributed by atoms with van der Waals surface area (Å²) in [5.41, 5.74) is 2.54. The minimum absolute atomic E-state index is 0.0668. The van der Waals surface area contributed by atoms with Crippen molar-refractivity contribution in [2.75, 3.05) is 31.3 Å². The summed E-state index contributed by atoms with van der Waals surface area (Å²) in [4.78, 5) is 14.3. The Balaban J connectivity index is 1.82. The molecule has 4 nitrogen and oxygen atoms in total. The van der Waals surface area contributed by atoms with Crippen LogP contribution in [0.2, 0.25) is 0 Å². The van der Waals surface area contributed by atoms with E-state index in [0.29, 0.717) is 5.92 Å². The Hall–Kier alpha value is -1.67. The number of hydrogen-bond donors (Lipinski definition) is 1.